The van der Waals surface area contributed by atoms with Crippen LogP contribution in [0.15, 0.2) is 6.33 Å². The Kier molecular flexibility index (Phi) is 3.72. The van der Waals surface area contributed by atoms with E-state index < -0.39 is 0 Å². The zero-order valence-corrected chi connectivity index (χ0v) is 11.0. The predicted molar refractivity (Wildman–Crippen MR) is 68.1 cm³/mol. The summed E-state index contributed by atoms with van der Waals surface area (Å²) in [5, 5.41) is 14.3. The van der Waals surface area contributed by atoms with Crippen LogP contribution in [0.2, 0.25) is 0 Å². The summed E-state index contributed by atoms with van der Waals surface area (Å²) in [5.74, 6) is 0.826. The van der Waals surface area contributed by atoms with E-state index in [4.69, 9.17) is 0 Å². The smallest absolute Gasteiger partial charge is 0.244 e. The van der Waals surface area contributed by atoms with Crippen molar-refractivity contribution in [1.82, 2.24) is 30.4 Å². The molecule has 0 radical (unpaired) electrons. The first kappa shape index (κ1) is 12.5. The third-order valence-electron chi connectivity index (χ3n) is 3.82. The number of carbonyl (C=O) groups is 1. The highest BCUT2D eigenvalue weighted by molar-refractivity contribution is 5.76. The third-order valence-corrected chi connectivity index (χ3v) is 3.82. The van der Waals surface area contributed by atoms with Crippen LogP contribution < -0.4 is 5.32 Å². The van der Waals surface area contributed by atoms with Crippen LogP contribution in [0.5, 0.6) is 0 Å². The van der Waals surface area contributed by atoms with Crippen molar-refractivity contribution in [3.05, 3.63) is 6.33 Å². The number of carbonyl (C=O) groups excluding carboxylic acids is 1. The minimum atomic E-state index is 0.118. The average molecular weight is 264 g/mol. The molecule has 0 spiro atoms. The van der Waals surface area contributed by atoms with Crippen molar-refractivity contribution in [1.29, 1.82) is 0 Å². The molecule has 1 atom stereocenters. The fourth-order valence-electron chi connectivity index (χ4n) is 2.56. The van der Waals surface area contributed by atoms with Crippen molar-refractivity contribution in [3.63, 3.8) is 0 Å². The number of aromatic nitrogens is 4. The van der Waals surface area contributed by atoms with E-state index in [1.807, 2.05) is 4.90 Å². The second-order valence-electron chi connectivity index (χ2n) is 5.54. The molecule has 1 aliphatic carbocycles. The van der Waals surface area contributed by atoms with E-state index in [2.05, 4.69) is 20.8 Å². The molecule has 1 unspecified atom stereocenters. The maximum Gasteiger partial charge on any atom is 0.244 e. The van der Waals surface area contributed by atoms with Gasteiger partial charge in [0.05, 0.1) is 0 Å². The molecule has 1 saturated heterocycles. The van der Waals surface area contributed by atoms with Crippen LogP contribution in [-0.4, -0.2) is 56.7 Å². The molecule has 2 heterocycles. The van der Waals surface area contributed by atoms with E-state index in [9.17, 15) is 4.79 Å². The first-order valence-corrected chi connectivity index (χ1v) is 7.03. The number of tetrazole rings is 1. The van der Waals surface area contributed by atoms with Crippen molar-refractivity contribution < 1.29 is 4.79 Å². The largest absolute Gasteiger partial charge is 0.339 e. The molecule has 1 aliphatic heterocycles. The minimum absolute atomic E-state index is 0.118. The number of hydrogen-bond donors (Lipinski definition) is 1. The lowest BCUT2D eigenvalue weighted by atomic mass is 10.2. The van der Waals surface area contributed by atoms with Crippen molar-refractivity contribution in [3.8, 4) is 0 Å². The molecule has 7 heteroatoms. The van der Waals surface area contributed by atoms with Gasteiger partial charge >= 0.3 is 0 Å². The Morgan fingerprint density at radius 1 is 1.37 bits per heavy atom. The molecular weight excluding hydrogens is 244 g/mol. The van der Waals surface area contributed by atoms with Crippen molar-refractivity contribution >= 4 is 5.91 Å². The fraction of sp³-hybridized carbons (Fsp3) is 0.833. The first-order chi connectivity index (χ1) is 9.31. The highest BCUT2D eigenvalue weighted by Gasteiger charge is 2.29. The maximum atomic E-state index is 12.3. The zero-order chi connectivity index (χ0) is 13.1. The first-order valence-electron chi connectivity index (χ1n) is 7.03. The van der Waals surface area contributed by atoms with Crippen LogP contribution in [0.25, 0.3) is 0 Å². The molecule has 1 aromatic heterocycles. The molecule has 0 bridgehead atoms. The Labute approximate surface area is 112 Å². The summed E-state index contributed by atoms with van der Waals surface area (Å²) in [7, 11) is 0. The van der Waals surface area contributed by atoms with Gasteiger partial charge in [-0.1, -0.05) is 0 Å². The van der Waals surface area contributed by atoms with Crippen LogP contribution in [0.3, 0.4) is 0 Å². The van der Waals surface area contributed by atoms with Gasteiger partial charge in [-0.05, 0) is 48.6 Å². The Balaban J connectivity index is 1.58. The predicted octanol–water partition coefficient (Wildman–Crippen LogP) is -0.336. The Hall–Kier alpha value is -1.50. The average Bonchev–Trinajstić information content (AvgIpc) is 2.88. The van der Waals surface area contributed by atoms with Crippen LogP contribution in [0.1, 0.15) is 25.7 Å². The maximum absolute atomic E-state index is 12.3. The van der Waals surface area contributed by atoms with Gasteiger partial charge in [0.1, 0.15) is 12.9 Å². The highest BCUT2D eigenvalue weighted by atomic mass is 16.2. The molecule has 1 amide bonds. The monoisotopic (exact) mass is 264 g/mol. The lowest BCUT2D eigenvalue weighted by molar-refractivity contribution is -0.132. The summed E-state index contributed by atoms with van der Waals surface area (Å²) in [6.45, 7) is 3.02. The number of rotatable bonds is 6. The molecule has 7 nitrogen and oxygen atoms in total. The molecule has 1 aromatic rings. The van der Waals surface area contributed by atoms with E-state index in [1.54, 1.807) is 0 Å². The van der Waals surface area contributed by atoms with Gasteiger partial charge < -0.3 is 10.2 Å². The number of amides is 1. The van der Waals surface area contributed by atoms with Gasteiger partial charge in [-0.2, -0.15) is 0 Å². The summed E-state index contributed by atoms with van der Waals surface area (Å²) in [4.78, 5) is 14.3. The SMILES string of the molecule is O=C(Cn1cnnn1)N(CC1CC1)CC1CCCN1. The van der Waals surface area contributed by atoms with E-state index in [1.165, 1.54) is 36.7 Å². The van der Waals surface area contributed by atoms with E-state index >= 15 is 0 Å². The van der Waals surface area contributed by atoms with E-state index in [0.717, 1.165) is 19.6 Å². The standard InChI is InChI=1S/C12H20N6O/c19-12(8-18-9-14-15-16-18)17(6-10-3-4-10)7-11-2-1-5-13-11/h9-11,13H,1-8H2. The van der Waals surface area contributed by atoms with Gasteiger partial charge in [0.25, 0.3) is 0 Å². The van der Waals surface area contributed by atoms with Crippen LogP contribution in [0.4, 0.5) is 0 Å². The summed E-state index contributed by atoms with van der Waals surface area (Å²) in [6, 6.07) is 0.455. The van der Waals surface area contributed by atoms with Gasteiger partial charge in [0, 0.05) is 19.1 Å². The topological polar surface area (TPSA) is 75.9 Å². The fourth-order valence-corrected chi connectivity index (χ4v) is 2.56. The van der Waals surface area contributed by atoms with E-state index in [0.29, 0.717) is 12.0 Å². The second kappa shape index (κ2) is 5.64. The van der Waals surface area contributed by atoms with Crippen LogP contribution in [0, 0.1) is 5.92 Å². The summed E-state index contributed by atoms with van der Waals surface area (Å²) in [5.41, 5.74) is 0. The Morgan fingerprint density at radius 2 is 2.26 bits per heavy atom. The molecule has 19 heavy (non-hydrogen) atoms. The number of nitrogens with one attached hydrogen (secondary N) is 1. The van der Waals surface area contributed by atoms with Crippen molar-refractivity contribution in [2.24, 2.45) is 5.92 Å². The van der Waals surface area contributed by atoms with Gasteiger partial charge in [0.15, 0.2) is 0 Å². The molecule has 104 valence electrons. The minimum Gasteiger partial charge on any atom is -0.339 e. The Bertz CT molecular complexity index is 410. The lowest BCUT2D eigenvalue weighted by Crippen LogP contribution is -2.43. The normalized spacial score (nSPS) is 22.6. The molecule has 1 saturated carbocycles. The third kappa shape index (κ3) is 3.50. The molecule has 2 fully saturated rings. The molecule has 0 aromatic carbocycles. The van der Waals surface area contributed by atoms with E-state index in [-0.39, 0.29) is 12.5 Å². The summed E-state index contributed by atoms with van der Waals surface area (Å²) >= 11 is 0. The highest BCUT2D eigenvalue weighted by Crippen LogP contribution is 2.30. The Morgan fingerprint density at radius 3 is 2.89 bits per heavy atom. The second-order valence-corrected chi connectivity index (χ2v) is 5.54. The lowest BCUT2D eigenvalue weighted by Gasteiger charge is -2.25. The number of hydrogen-bond acceptors (Lipinski definition) is 5. The van der Waals surface area contributed by atoms with Crippen molar-refractivity contribution in [2.45, 2.75) is 38.3 Å². The van der Waals surface area contributed by atoms with Crippen LogP contribution in [-0.2, 0) is 11.3 Å². The number of nitrogens with zero attached hydrogens (tertiary/aromatic N) is 5. The molecular formula is C12H20N6O. The van der Waals surface area contributed by atoms with Gasteiger partial charge in [-0.25, -0.2) is 4.68 Å². The zero-order valence-electron chi connectivity index (χ0n) is 11.0. The van der Waals surface area contributed by atoms with Crippen molar-refractivity contribution in [2.75, 3.05) is 19.6 Å². The summed E-state index contributed by atoms with van der Waals surface area (Å²) < 4.78 is 1.49. The van der Waals surface area contributed by atoms with Crippen LogP contribution >= 0.6 is 0 Å². The van der Waals surface area contributed by atoms with Gasteiger partial charge in [0.2, 0.25) is 5.91 Å². The molecule has 2 aliphatic rings. The van der Waals surface area contributed by atoms with Gasteiger partial charge in [-0.15, -0.1) is 5.10 Å². The summed E-state index contributed by atoms with van der Waals surface area (Å²) in [6.07, 6.45) is 6.38. The van der Waals surface area contributed by atoms with Gasteiger partial charge in [-0.3, -0.25) is 4.79 Å². The molecule has 3 rings (SSSR count). The quantitative estimate of drug-likeness (QED) is 0.761. The molecule has 1 N–H and O–H groups in total.